The van der Waals surface area contributed by atoms with Gasteiger partial charge < -0.3 is 4.57 Å². The van der Waals surface area contributed by atoms with Crippen molar-refractivity contribution in [2.45, 2.75) is 19.3 Å². The van der Waals surface area contributed by atoms with Crippen molar-refractivity contribution in [3.63, 3.8) is 0 Å². The molecule has 2 heterocycles. The van der Waals surface area contributed by atoms with Gasteiger partial charge in [0.2, 0.25) is 0 Å². The topological polar surface area (TPSA) is 30.7 Å². The molecule has 0 saturated heterocycles. The van der Waals surface area contributed by atoms with Gasteiger partial charge >= 0.3 is 0 Å². The van der Waals surface area contributed by atoms with Crippen LogP contribution in [0.15, 0.2) is 176 Å². The molecule has 246 valence electrons. The number of fused-ring (bicyclic) bond motifs is 6. The van der Waals surface area contributed by atoms with Crippen LogP contribution in [0.3, 0.4) is 0 Å². The van der Waals surface area contributed by atoms with Gasteiger partial charge in [0.15, 0.2) is 5.82 Å². The van der Waals surface area contributed by atoms with E-state index in [0.29, 0.717) is 5.82 Å². The minimum absolute atomic E-state index is 0.0584. The molecule has 0 fully saturated rings. The average Bonchev–Trinajstić information content (AvgIpc) is 3.66. The number of rotatable bonds is 5. The third-order valence-electron chi connectivity index (χ3n) is 10.8. The second kappa shape index (κ2) is 11.8. The quantitative estimate of drug-likeness (QED) is 0.183. The van der Waals surface area contributed by atoms with Gasteiger partial charge in [-0.15, -0.1) is 0 Å². The Kier molecular flexibility index (Phi) is 6.84. The van der Waals surface area contributed by atoms with E-state index >= 15 is 0 Å². The van der Waals surface area contributed by atoms with Gasteiger partial charge in [0.1, 0.15) is 0 Å². The van der Waals surface area contributed by atoms with Gasteiger partial charge in [0, 0.05) is 38.6 Å². The van der Waals surface area contributed by atoms with E-state index in [1.54, 1.807) is 0 Å². The van der Waals surface area contributed by atoms with E-state index in [4.69, 9.17) is 9.97 Å². The van der Waals surface area contributed by atoms with E-state index in [-0.39, 0.29) is 5.41 Å². The molecule has 7 aromatic carbocycles. The van der Waals surface area contributed by atoms with Crippen LogP contribution < -0.4 is 0 Å². The molecular formula is C49H35N3. The number of benzene rings is 7. The van der Waals surface area contributed by atoms with Crippen LogP contribution in [-0.2, 0) is 5.41 Å². The summed E-state index contributed by atoms with van der Waals surface area (Å²) in [6, 6.07) is 62.9. The summed E-state index contributed by atoms with van der Waals surface area (Å²) < 4.78 is 2.38. The third-order valence-corrected chi connectivity index (χ3v) is 10.8. The average molecular weight is 666 g/mol. The normalized spacial score (nSPS) is 13.0. The number of hydrogen-bond acceptors (Lipinski definition) is 2. The standard InChI is InChI=1S/C49H35N3/c1-49(2)41-23-13-12-21-38(41)47-37(22-14-24-42(47)49)34-25-27-45-39(29-34)40-30-35(26-28-46(40)52(45)36-19-10-5-11-20-36)48-50-43(32-15-6-3-7-16-32)31-44(51-48)33-17-8-4-9-18-33/h3-31H,1-2H3. The van der Waals surface area contributed by atoms with Crippen LogP contribution in [0.4, 0.5) is 0 Å². The lowest BCUT2D eigenvalue weighted by atomic mass is 9.82. The molecule has 0 aliphatic heterocycles. The van der Waals surface area contributed by atoms with Gasteiger partial charge in [-0.3, -0.25) is 0 Å². The molecule has 0 saturated carbocycles. The first kappa shape index (κ1) is 30.3. The Morgan fingerprint density at radius 3 is 1.60 bits per heavy atom. The van der Waals surface area contributed by atoms with Crippen LogP contribution >= 0.6 is 0 Å². The van der Waals surface area contributed by atoms with Crippen LogP contribution in [0.2, 0.25) is 0 Å². The fourth-order valence-electron chi connectivity index (χ4n) is 8.27. The molecule has 0 atom stereocenters. The minimum Gasteiger partial charge on any atom is -0.309 e. The second-order valence-corrected chi connectivity index (χ2v) is 14.2. The monoisotopic (exact) mass is 665 g/mol. The molecule has 0 spiro atoms. The Morgan fingerprint density at radius 1 is 0.423 bits per heavy atom. The predicted molar refractivity (Wildman–Crippen MR) is 216 cm³/mol. The zero-order valence-electron chi connectivity index (χ0n) is 29.1. The highest BCUT2D eigenvalue weighted by molar-refractivity contribution is 6.12. The van der Waals surface area contributed by atoms with Crippen LogP contribution in [0, 0.1) is 0 Å². The van der Waals surface area contributed by atoms with Crippen LogP contribution in [0.1, 0.15) is 25.0 Å². The van der Waals surface area contributed by atoms with Gasteiger partial charge in [-0.1, -0.05) is 141 Å². The lowest BCUT2D eigenvalue weighted by Crippen LogP contribution is -2.14. The molecule has 3 heteroatoms. The molecule has 0 unspecified atom stereocenters. The van der Waals surface area contributed by atoms with Crippen molar-refractivity contribution in [3.05, 3.63) is 187 Å². The Bertz CT molecular complexity index is 2740. The van der Waals surface area contributed by atoms with Crippen molar-refractivity contribution < 1.29 is 0 Å². The van der Waals surface area contributed by atoms with E-state index < -0.39 is 0 Å². The van der Waals surface area contributed by atoms with E-state index in [0.717, 1.165) is 39.3 Å². The molecule has 2 aromatic heterocycles. The lowest BCUT2D eigenvalue weighted by Gasteiger charge is -2.21. The Morgan fingerprint density at radius 2 is 0.942 bits per heavy atom. The summed E-state index contributed by atoms with van der Waals surface area (Å²) in [5.41, 5.74) is 16.2. The zero-order valence-corrected chi connectivity index (χ0v) is 29.1. The zero-order chi connectivity index (χ0) is 34.8. The van der Waals surface area contributed by atoms with Crippen molar-refractivity contribution in [1.29, 1.82) is 0 Å². The van der Waals surface area contributed by atoms with Gasteiger partial charge in [-0.25, -0.2) is 9.97 Å². The Balaban J connectivity index is 1.21. The smallest absolute Gasteiger partial charge is 0.160 e. The summed E-state index contributed by atoms with van der Waals surface area (Å²) in [5, 5.41) is 2.37. The maximum Gasteiger partial charge on any atom is 0.160 e. The highest BCUT2D eigenvalue weighted by Gasteiger charge is 2.36. The molecule has 52 heavy (non-hydrogen) atoms. The summed E-state index contributed by atoms with van der Waals surface area (Å²) in [6.07, 6.45) is 0. The predicted octanol–water partition coefficient (Wildman–Crippen LogP) is 12.5. The van der Waals surface area contributed by atoms with E-state index in [1.807, 2.05) is 12.1 Å². The molecule has 1 aliphatic rings. The summed E-state index contributed by atoms with van der Waals surface area (Å²) in [6.45, 7) is 4.69. The molecular weight excluding hydrogens is 631 g/mol. The van der Waals surface area contributed by atoms with Gasteiger partial charge in [-0.05, 0) is 81.9 Å². The van der Waals surface area contributed by atoms with Gasteiger partial charge in [0.25, 0.3) is 0 Å². The molecule has 0 N–H and O–H groups in total. The van der Waals surface area contributed by atoms with E-state index in [9.17, 15) is 0 Å². The molecule has 9 aromatic rings. The van der Waals surface area contributed by atoms with Crippen molar-refractivity contribution in [1.82, 2.24) is 14.5 Å². The second-order valence-electron chi connectivity index (χ2n) is 14.2. The maximum absolute atomic E-state index is 5.17. The summed E-state index contributed by atoms with van der Waals surface area (Å²) in [4.78, 5) is 10.3. The van der Waals surface area contributed by atoms with Crippen molar-refractivity contribution in [2.24, 2.45) is 0 Å². The first-order valence-electron chi connectivity index (χ1n) is 17.9. The molecule has 3 nitrogen and oxygen atoms in total. The summed E-state index contributed by atoms with van der Waals surface area (Å²) in [7, 11) is 0. The third kappa shape index (κ3) is 4.74. The molecule has 0 bridgehead atoms. The first-order chi connectivity index (χ1) is 25.5. The van der Waals surface area contributed by atoms with E-state index in [2.05, 4.69) is 182 Å². The molecule has 0 amide bonds. The number of hydrogen-bond donors (Lipinski definition) is 0. The number of aromatic nitrogens is 3. The lowest BCUT2D eigenvalue weighted by molar-refractivity contribution is 0.660. The summed E-state index contributed by atoms with van der Waals surface area (Å²) >= 11 is 0. The first-order valence-corrected chi connectivity index (χ1v) is 17.9. The SMILES string of the molecule is CC1(C)c2ccccc2-c2c(-c3ccc4c(c3)c3cc(-c5nc(-c6ccccc6)cc(-c6ccccc6)n5)ccc3n4-c3ccccc3)cccc21. The highest BCUT2D eigenvalue weighted by atomic mass is 15.0. The van der Waals surface area contributed by atoms with Gasteiger partial charge in [-0.2, -0.15) is 0 Å². The number of nitrogens with zero attached hydrogens (tertiary/aromatic N) is 3. The van der Waals surface area contributed by atoms with Crippen LogP contribution in [-0.4, -0.2) is 14.5 Å². The van der Waals surface area contributed by atoms with Crippen molar-refractivity contribution in [3.8, 4) is 61.8 Å². The fourth-order valence-corrected chi connectivity index (χ4v) is 8.27. The summed E-state index contributed by atoms with van der Waals surface area (Å²) in [5.74, 6) is 0.707. The van der Waals surface area contributed by atoms with E-state index in [1.165, 1.54) is 49.7 Å². The maximum atomic E-state index is 5.17. The van der Waals surface area contributed by atoms with Crippen molar-refractivity contribution >= 4 is 21.8 Å². The van der Waals surface area contributed by atoms with Crippen LogP contribution in [0.25, 0.3) is 83.6 Å². The Labute approximate surface area is 303 Å². The molecule has 0 radical (unpaired) electrons. The van der Waals surface area contributed by atoms with Crippen molar-refractivity contribution in [2.75, 3.05) is 0 Å². The molecule has 1 aliphatic carbocycles. The minimum atomic E-state index is -0.0584. The number of para-hydroxylation sites is 1. The fraction of sp³-hybridized carbons (Fsp3) is 0.0612. The highest BCUT2D eigenvalue weighted by Crippen LogP contribution is 2.52. The molecule has 10 rings (SSSR count). The largest absolute Gasteiger partial charge is 0.309 e. The Hall–Kier alpha value is -6.58. The van der Waals surface area contributed by atoms with Crippen LogP contribution in [0.5, 0.6) is 0 Å². The van der Waals surface area contributed by atoms with Gasteiger partial charge in [0.05, 0.1) is 22.4 Å².